The molecule has 144 valence electrons. The highest BCUT2D eigenvalue weighted by atomic mass is 19.4. The standard InChI is InChI=1S/C12H13F11O/c1-3-6(2,24)4-5-7(13)8(14,15)10(18,19)12(22,23)11(20,21)9(7,16)17/h24H,3-5H2,1-2H3. The fourth-order valence-electron chi connectivity index (χ4n) is 2.22. The van der Waals surface area contributed by atoms with Crippen molar-refractivity contribution >= 4 is 0 Å². The third-order valence-corrected chi connectivity index (χ3v) is 4.34. The Hall–Kier alpha value is -0.810. The van der Waals surface area contributed by atoms with Gasteiger partial charge in [-0.2, -0.15) is 43.9 Å². The van der Waals surface area contributed by atoms with Crippen LogP contribution in [0.5, 0.6) is 0 Å². The summed E-state index contributed by atoms with van der Waals surface area (Å²) in [5.74, 6) is -35.0. The van der Waals surface area contributed by atoms with Gasteiger partial charge < -0.3 is 5.11 Å². The van der Waals surface area contributed by atoms with Crippen LogP contribution in [0.2, 0.25) is 0 Å². The molecule has 1 rings (SSSR count). The lowest BCUT2D eigenvalue weighted by molar-refractivity contribution is -0.486. The van der Waals surface area contributed by atoms with Crippen molar-refractivity contribution in [3.8, 4) is 0 Å². The zero-order valence-corrected chi connectivity index (χ0v) is 12.2. The lowest BCUT2D eigenvalue weighted by Crippen LogP contribution is -2.83. The van der Waals surface area contributed by atoms with Gasteiger partial charge in [-0.25, -0.2) is 4.39 Å². The van der Waals surface area contributed by atoms with Gasteiger partial charge in [-0.05, 0) is 26.2 Å². The monoisotopic (exact) mass is 382 g/mol. The summed E-state index contributed by atoms with van der Waals surface area (Å²) in [6.07, 6.45) is -4.12. The van der Waals surface area contributed by atoms with Crippen LogP contribution < -0.4 is 0 Å². The minimum absolute atomic E-state index is 0.358. The molecule has 12 heteroatoms. The molecule has 0 heterocycles. The minimum Gasteiger partial charge on any atom is -0.390 e. The average Bonchev–Trinajstić information content (AvgIpc) is 2.42. The predicted octanol–water partition coefficient (Wildman–Crippen LogP) is 4.83. The molecule has 24 heavy (non-hydrogen) atoms. The summed E-state index contributed by atoms with van der Waals surface area (Å²) >= 11 is 0. The highest BCUT2D eigenvalue weighted by Crippen LogP contribution is 2.70. The third-order valence-electron chi connectivity index (χ3n) is 4.34. The molecular formula is C12H13F11O. The Morgan fingerprint density at radius 1 is 0.667 bits per heavy atom. The molecule has 1 N–H and O–H groups in total. The molecule has 0 amide bonds. The molecule has 0 aromatic rings. The predicted molar refractivity (Wildman–Crippen MR) is 58.7 cm³/mol. The van der Waals surface area contributed by atoms with E-state index in [1.54, 1.807) is 0 Å². The van der Waals surface area contributed by atoms with Crippen molar-refractivity contribution in [1.29, 1.82) is 0 Å². The quantitative estimate of drug-likeness (QED) is 0.691. The first-order valence-corrected chi connectivity index (χ1v) is 6.57. The summed E-state index contributed by atoms with van der Waals surface area (Å²) in [7, 11) is 0. The van der Waals surface area contributed by atoms with E-state index in [4.69, 9.17) is 0 Å². The van der Waals surface area contributed by atoms with Crippen LogP contribution in [0.4, 0.5) is 48.3 Å². The van der Waals surface area contributed by atoms with Gasteiger partial charge in [0.2, 0.25) is 5.67 Å². The Bertz CT molecular complexity index is 467. The molecule has 1 fully saturated rings. The van der Waals surface area contributed by atoms with Crippen LogP contribution in [0.3, 0.4) is 0 Å². The zero-order chi connectivity index (χ0) is 19.6. The van der Waals surface area contributed by atoms with Crippen molar-refractivity contribution in [3.05, 3.63) is 0 Å². The number of hydrogen-bond donors (Lipinski definition) is 1. The Morgan fingerprint density at radius 3 is 1.25 bits per heavy atom. The molecule has 1 unspecified atom stereocenters. The van der Waals surface area contributed by atoms with Gasteiger partial charge in [-0.3, -0.25) is 0 Å². The fourth-order valence-corrected chi connectivity index (χ4v) is 2.22. The lowest BCUT2D eigenvalue weighted by Gasteiger charge is -2.52. The van der Waals surface area contributed by atoms with Gasteiger partial charge in [0.1, 0.15) is 0 Å². The van der Waals surface area contributed by atoms with Crippen LogP contribution in [-0.4, -0.2) is 46.0 Å². The van der Waals surface area contributed by atoms with Crippen molar-refractivity contribution < 1.29 is 53.4 Å². The van der Waals surface area contributed by atoms with Crippen molar-refractivity contribution in [2.24, 2.45) is 0 Å². The minimum atomic E-state index is -7.20. The van der Waals surface area contributed by atoms with E-state index in [1.165, 1.54) is 6.92 Å². The smallest absolute Gasteiger partial charge is 0.384 e. The van der Waals surface area contributed by atoms with Crippen molar-refractivity contribution in [3.63, 3.8) is 0 Å². The largest absolute Gasteiger partial charge is 0.390 e. The van der Waals surface area contributed by atoms with E-state index in [0.717, 1.165) is 6.92 Å². The van der Waals surface area contributed by atoms with E-state index in [0.29, 0.717) is 0 Å². The summed E-state index contributed by atoms with van der Waals surface area (Å²) in [6, 6.07) is 0. The zero-order valence-electron chi connectivity index (χ0n) is 12.2. The molecule has 1 aliphatic rings. The van der Waals surface area contributed by atoms with Crippen LogP contribution >= 0.6 is 0 Å². The maximum atomic E-state index is 14.2. The van der Waals surface area contributed by atoms with Gasteiger partial charge in [0.05, 0.1) is 5.60 Å². The van der Waals surface area contributed by atoms with Gasteiger partial charge in [0, 0.05) is 0 Å². The topological polar surface area (TPSA) is 20.2 Å². The molecule has 1 nitrogen and oxygen atoms in total. The first kappa shape index (κ1) is 21.2. The molecule has 0 radical (unpaired) electrons. The molecule has 0 aliphatic heterocycles. The lowest BCUT2D eigenvalue weighted by atomic mass is 9.69. The van der Waals surface area contributed by atoms with Crippen LogP contribution in [0.25, 0.3) is 0 Å². The molecule has 1 aliphatic carbocycles. The first-order valence-electron chi connectivity index (χ1n) is 6.57. The maximum Gasteiger partial charge on any atom is 0.384 e. The van der Waals surface area contributed by atoms with Gasteiger partial charge in [-0.1, -0.05) is 6.92 Å². The maximum absolute atomic E-state index is 14.2. The highest BCUT2D eigenvalue weighted by molar-refractivity contribution is 5.26. The Kier molecular flexibility index (Phi) is 4.51. The van der Waals surface area contributed by atoms with Crippen LogP contribution in [0, 0.1) is 0 Å². The average molecular weight is 382 g/mol. The van der Waals surface area contributed by atoms with Gasteiger partial charge >= 0.3 is 29.6 Å². The summed E-state index contributed by atoms with van der Waals surface area (Å²) in [4.78, 5) is 0. The summed E-state index contributed by atoms with van der Waals surface area (Å²) in [5.41, 5.74) is -8.15. The highest BCUT2D eigenvalue weighted by Gasteiger charge is 3.00. The summed E-state index contributed by atoms with van der Waals surface area (Å²) in [5, 5.41) is 9.49. The Balaban J connectivity index is 3.57. The molecule has 0 aromatic carbocycles. The second-order valence-corrected chi connectivity index (χ2v) is 6.02. The van der Waals surface area contributed by atoms with E-state index in [2.05, 4.69) is 0 Å². The molecule has 0 saturated heterocycles. The summed E-state index contributed by atoms with van der Waals surface area (Å²) in [6.45, 7) is 2.00. The van der Waals surface area contributed by atoms with Gasteiger partial charge in [0.15, 0.2) is 0 Å². The second-order valence-electron chi connectivity index (χ2n) is 6.02. The molecule has 0 aromatic heterocycles. The second kappa shape index (κ2) is 5.10. The van der Waals surface area contributed by atoms with Crippen molar-refractivity contribution in [2.45, 2.75) is 74.0 Å². The number of halogens is 11. The van der Waals surface area contributed by atoms with Crippen molar-refractivity contribution in [2.75, 3.05) is 0 Å². The number of aliphatic hydroxyl groups is 1. The molecular weight excluding hydrogens is 369 g/mol. The van der Waals surface area contributed by atoms with E-state index < -0.39 is 53.7 Å². The SMILES string of the molecule is CCC(C)(O)CCC1(F)C(F)(F)C(F)(F)C(F)(F)C(F)(F)C1(F)F. The van der Waals surface area contributed by atoms with Gasteiger partial charge in [0.25, 0.3) is 0 Å². The van der Waals surface area contributed by atoms with E-state index in [-0.39, 0.29) is 6.42 Å². The molecule has 1 atom stereocenters. The van der Waals surface area contributed by atoms with Crippen LogP contribution in [-0.2, 0) is 0 Å². The van der Waals surface area contributed by atoms with E-state index >= 15 is 0 Å². The number of hydrogen-bond acceptors (Lipinski definition) is 1. The first-order chi connectivity index (χ1) is 10.3. The van der Waals surface area contributed by atoms with Gasteiger partial charge in [-0.15, -0.1) is 0 Å². The summed E-state index contributed by atoms with van der Waals surface area (Å²) < 4.78 is 147. The normalized spacial score (nSPS) is 31.2. The molecule has 0 spiro atoms. The third kappa shape index (κ3) is 2.16. The van der Waals surface area contributed by atoms with Crippen LogP contribution in [0.1, 0.15) is 33.1 Å². The number of alkyl halides is 11. The van der Waals surface area contributed by atoms with Crippen molar-refractivity contribution in [1.82, 2.24) is 0 Å². The van der Waals surface area contributed by atoms with Crippen LogP contribution in [0.15, 0.2) is 0 Å². The van der Waals surface area contributed by atoms with E-state index in [9.17, 15) is 53.4 Å². The molecule has 0 bridgehead atoms. The fraction of sp³-hybridized carbons (Fsp3) is 1.00. The van der Waals surface area contributed by atoms with E-state index in [1.807, 2.05) is 0 Å². The number of rotatable bonds is 4. The molecule has 1 saturated carbocycles. The Labute approximate surface area is 128 Å². The Morgan fingerprint density at radius 2 is 0.958 bits per heavy atom.